The van der Waals surface area contributed by atoms with Crippen molar-refractivity contribution in [1.29, 1.82) is 0 Å². The third-order valence-electron chi connectivity index (χ3n) is 8.70. The van der Waals surface area contributed by atoms with E-state index in [2.05, 4.69) is 63.3 Å². The minimum atomic E-state index is -0.823. The van der Waals surface area contributed by atoms with Crippen LogP contribution in [0.4, 0.5) is 0 Å². The van der Waals surface area contributed by atoms with Gasteiger partial charge < -0.3 is 14.2 Å². The number of esters is 3. The number of carbonyl (C=O) groups is 3. The molecule has 0 N–H and O–H groups in total. The van der Waals surface area contributed by atoms with Crippen LogP contribution >= 0.6 is 0 Å². The van der Waals surface area contributed by atoms with Crippen molar-refractivity contribution in [2.75, 3.05) is 13.2 Å². The molecule has 0 saturated carbocycles. The molecule has 0 spiro atoms. The first-order chi connectivity index (χ1) is 27.0. The standard InChI is InChI=1S/C49H78O6/c1-4-7-10-13-16-19-22-24-27-30-33-36-39-42-48(51)54-45-46(44-53-47(50)41-38-35-32-29-26-21-18-15-12-9-6-3)55-49(52)43-40-37-34-31-28-25-23-20-17-14-11-8-5-2/h7,10,13,15-16,18-19,21-22,24-28,30,33,46H,4-6,8-9,11-12,14,17,20,23,29,31-32,34-45H2,1-3H3/b10-7-,16-13-,18-15-,22-19-,26-21-,27-24-,28-25-,33-30-. The first-order valence-electron chi connectivity index (χ1n) is 21.8. The van der Waals surface area contributed by atoms with Crippen LogP contribution in [-0.2, 0) is 28.6 Å². The van der Waals surface area contributed by atoms with Gasteiger partial charge in [0.05, 0.1) is 0 Å². The summed E-state index contributed by atoms with van der Waals surface area (Å²) in [5, 5.41) is 0. The Morgan fingerprint density at radius 2 is 0.764 bits per heavy atom. The van der Waals surface area contributed by atoms with Crippen molar-refractivity contribution in [2.45, 2.75) is 181 Å². The second-order valence-corrected chi connectivity index (χ2v) is 14.0. The van der Waals surface area contributed by atoms with Crippen molar-refractivity contribution < 1.29 is 28.6 Å². The number of rotatable bonds is 37. The summed E-state index contributed by atoms with van der Waals surface area (Å²) in [4.78, 5) is 37.6. The highest BCUT2D eigenvalue weighted by molar-refractivity contribution is 5.71. The van der Waals surface area contributed by atoms with E-state index in [9.17, 15) is 14.4 Å². The minimum Gasteiger partial charge on any atom is -0.462 e. The van der Waals surface area contributed by atoms with E-state index in [1.807, 2.05) is 54.7 Å². The molecule has 6 nitrogen and oxygen atoms in total. The Hall–Kier alpha value is -3.67. The topological polar surface area (TPSA) is 78.9 Å². The molecule has 1 unspecified atom stereocenters. The first-order valence-corrected chi connectivity index (χ1v) is 21.8. The Balaban J connectivity index is 4.59. The fourth-order valence-corrected chi connectivity index (χ4v) is 5.38. The molecule has 0 aromatic rings. The molecule has 0 aliphatic carbocycles. The summed E-state index contributed by atoms with van der Waals surface area (Å²) in [6.07, 6.45) is 55.4. The fraction of sp³-hybridized carbons (Fsp3) is 0.612. The summed E-state index contributed by atoms with van der Waals surface area (Å²) >= 11 is 0. The molecule has 0 radical (unpaired) electrons. The minimum absolute atomic E-state index is 0.122. The molecule has 6 heteroatoms. The van der Waals surface area contributed by atoms with Gasteiger partial charge in [0.2, 0.25) is 0 Å². The lowest BCUT2D eigenvalue weighted by Gasteiger charge is -2.18. The van der Waals surface area contributed by atoms with Crippen molar-refractivity contribution in [3.63, 3.8) is 0 Å². The molecule has 55 heavy (non-hydrogen) atoms. The van der Waals surface area contributed by atoms with Gasteiger partial charge in [0.25, 0.3) is 0 Å². The number of hydrogen-bond acceptors (Lipinski definition) is 6. The zero-order valence-corrected chi connectivity index (χ0v) is 35.1. The zero-order valence-electron chi connectivity index (χ0n) is 35.1. The highest BCUT2D eigenvalue weighted by atomic mass is 16.6. The molecule has 0 aliphatic rings. The van der Waals surface area contributed by atoms with Crippen molar-refractivity contribution in [2.24, 2.45) is 0 Å². The van der Waals surface area contributed by atoms with Crippen LogP contribution in [0.25, 0.3) is 0 Å². The lowest BCUT2D eigenvalue weighted by atomic mass is 10.1. The van der Waals surface area contributed by atoms with E-state index in [1.54, 1.807) is 0 Å². The molecule has 0 amide bonds. The monoisotopic (exact) mass is 763 g/mol. The molecule has 310 valence electrons. The summed E-state index contributed by atoms with van der Waals surface area (Å²) in [6.45, 7) is 6.29. The molecule has 0 aliphatic heterocycles. The number of carbonyl (C=O) groups excluding carboxylic acids is 3. The maximum atomic E-state index is 12.7. The van der Waals surface area contributed by atoms with E-state index in [4.69, 9.17) is 14.2 Å². The molecule has 0 fully saturated rings. The van der Waals surface area contributed by atoms with Gasteiger partial charge in [-0.2, -0.15) is 0 Å². The van der Waals surface area contributed by atoms with Gasteiger partial charge in [-0.3, -0.25) is 14.4 Å². The summed E-state index contributed by atoms with van der Waals surface area (Å²) in [5.41, 5.74) is 0. The number of hydrogen-bond donors (Lipinski definition) is 0. The van der Waals surface area contributed by atoms with Gasteiger partial charge in [-0.25, -0.2) is 0 Å². The van der Waals surface area contributed by atoms with Crippen LogP contribution in [0, 0.1) is 0 Å². The lowest BCUT2D eigenvalue weighted by Crippen LogP contribution is -2.30. The summed E-state index contributed by atoms with van der Waals surface area (Å²) in [5.74, 6) is -1.05. The van der Waals surface area contributed by atoms with Gasteiger partial charge in [0, 0.05) is 19.3 Å². The highest BCUT2D eigenvalue weighted by Gasteiger charge is 2.19. The highest BCUT2D eigenvalue weighted by Crippen LogP contribution is 2.11. The molecule has 1 atom stereocenters. The Bertz CT molecular complexity index is 1150. The van der Waals surface area contributed by atoms with Crippen molar-refractivity contribution in [3.05, 3.63) is 97.2 Å². The number of unbranched alkanes of at least 4 members (excludes halogenated alkanes) is 15. The molecule has 0 saturated heterocycles. The summed E-state index contributed by atoms with van der Waals surface area (Å²) in [6, 6.07) is 0. The van der Waals surface area contributed by atoms with E-state index in [0.29, 0.717) is 12.8 Å². The molecule has 0 rings (SSSR count). The van der Waals surface area contributed by atoms with E-state index in [1.165, 1.54) is 51.4 Å². The van der Waals surface area contributed by atoms with Crippen LogP contribution in [-0.4, -0.2) is 37.2 Å². The van der Waals surface area contributed by atoms with Crippen LogP contribution in [0.15, 0.2) is 97.2 Å². The second kappa shape index (κ2) is 43.1. The van der Waals surface area contributed by atoms with Crippen molar-refractivity contribution in [1.82, 2.24) is 0 Å². The maximum absolute atomic E-state index is 12.7. The van der Waals surface area contributed by atoms with Crippen LogP contribution in [0.1, 0.15) is 175 Å². The predicted octanol–water partition coefficient (Wildman–Crippen LogP) is 13.9. The molecule has 0 bridgehead atoms. The third-order valence-corrected chi connectivity index (χ3v) is 8.70. The van der Waals surface area contributed by atoms with E-state index < -0.39 is 6.10 Å². The molecule has 0 aromatic heterocycles. The predicted molar refractivity (Wildman–Crippen MR) is 233 cm³/mol. The third kappa shape index (κ3) is 41.3. The average Bonchev–Trinajstić information content (AvgIpc) is 3.18. The van der Waals surface area contributed by atoms with Gasteiger partial charge >= 0.3 is 17.9 Å². The second-order valence-electron chi connectivity index (χ2n) is 14.0. The maximum Gasteiger partial charge on any atom is 0.306 e. The molecule has 0 heterocycles. The molecular weight excluding hydrogens is 685 g/mol. The Morgan fingerprint density at radius 1 is 0.382 bits per heavy atom. The van der Waals surface area contributed by atoms with Gasteiger partial charge in [-0.05, 0) is 77.0 Å². The summed E-state index contributed by atoms with van der Waals surface area (Å²) in [7, 11) is 0. The van der Waals surface area contributed by atoms with E-state index in [-0.39, 0.29) is 44.0 Å². The van der Waals surface area contributed by atoms with Crippen LogP contribution in [0.5, 0.6) is 0 Å². The van der Waals surface area contributed by atoms with Gasteiger partial charge in [0.1, 0.15) is 13.2 Å². The largest absolute Gasteiger partial charge is 0.462 e. The Morgan fingerprint density at radius 3 is 1.31 bits per heavy atom. The average molecular weight is 763 g/mol. The van der Waals surface area contributed by atoms with Crippen molar-refractivity contribution in [3.8, 4) is 0 Å². The van der Waals surface area contributed by atoms with Crippen LogP contribution < -0.4 is 0 Å². The number of ether oxygens (including phenoxy) is 3. The normalized spacial score (nSPS) is 13.0. The van der Waals surface area contributed by atoms with Gasteiger partial charge in [0.15, 0.2) is 6.10 Å². The van der Waals surface area contributed by atoms with Crippen LogP contribution in [0.2, 0.25) is 0 Å². The SMILES string of the molecule is CC\C=C/C=C\C=C/C=C\C=C/CCCC(=O)OCC(COC(=O)CCCCC/C=C\C=C/CCCC)OC(=O)CCCCC/C=C\CCCCCCCC. The van der Waals surface area contributed by atoms with Crippen LogP contribution in [0.3, 0.4) is 0 Å². The summed E-state index contributed by atoms with van der Waals surface area (Å²) < 4.78 is 16.6. The number of allylic oxidation sites excluding steroid dienone is 16. The Kier molecular flexibility index (Phi) is 40.2. The quantitative estimate of drug-likeness (QED) is 0.0206. The van der Waals surface area contributed by atoms with Gasteiger partial charge in [-0.15, -0.1) is 0 Å². The zero-order chi connectivity index (χ0) is 40.1. The lowest BCUT2D eigenvalue weighted by molar-refractivity contribution is -0.167. The van der Waals surface area contributed by atoms with E-state index >= 15 is 0 Å². The fourth-order valence-electron chi connectivity index (χ4n) is 5.38. The van der Waals surface area contributed by atoms with E-state index in [0.717, 1.165) is 77.0 Å². The first kappa shape index (κ1) is 51.3. The molecule has 0 aromatic carbocycles. The van der Waals surface area contributed by atoms with Gasteiger partial charge in [-0.1, -0.05) is 176 Å². The van der Waals surface area contributed by atoms with Crippen molar-refractivity contribution >= 4 is 17.9 Å². The Labute approximate surface area is 337 Å². The smallest absolute Gasteiger partial charge is 0.306 e. The molecular formula is C49H78O6.